The number of hydrogen-bond acceptors (Lipinski definition) is 7. The monoisotopic (exact) mass is 399 g/mol. The molecule has 2 saturated heterocycles. The first-order valence-electron chi connectivity index (χ1n) is 8.40. The molecule has 0 N–H and O–H groups in total. The number of rotatable bonds is 1. The molecule has 3 atom stereocenters. The lowest BCUT2D eigenvalue weighted by Crippen LogP contribution is -2.58. The van der Waals surface area contributed by atoms with E-state index in [1.807, 2.05) is 4.90 Å². The molecule has 4 rings (SSSR count). The summed E-state index contributed by atoms with van der Waals surface area (Å²) in [6, 6.07) is -0.855. The predicted molar refractivity (Wildman–Crippen MR) is 97.6 cm³/mol. The van der Waals surface area contributed by atoms with Gasteiger partial charge in [-0.1, -0.05) is 0 Å². The van der Waals surface area contributed by atoms with E-state index in [1.54, 1.807) is 31.2 Å². The highest BCUT2D eigenvalue weighted by Crippen LogP contribution is 2.37. The molecular formula is C16H19ClFN5O2S. The number of piperazine rings is 1. The molecule has 4 heterocycles. The van der Waals surface area contributed by atoms with E-state index in [4.69, 9.17) is 16.3 Å². The summed E-state index contributed by atoms with van der Waals surface area (Å²) in [4.78, 5) is 29.5. The van der Waals surface area contributed by atoms with E-state index in [-0.39, 0.29) is 11.3 Å². The first-order chi connectivity index (χ1) is 12.2. The van der Waals surface area contributed by atoms with Gasteiger partial charge in [-0.05, 0) is 32.4 Å². The van der Waals surface area contributed by atoms with Crippen molar-refractivity contribution in [2.24, 2.45) is 0 Å². The van der Waals surface area contributed by atoms with Crippen LogP contribution in [0.25, 0.3) is 10.3 Å². The molecule has 7 nitrogen and oxygen atoms in total. The Kier molecular flexibility index (Phi) is 4.18. The third kappa shape index (κ3) is 3.07. The van der Waals surface area contributed by atoms with Gasteiger partial charge in [0.25, 0.3) is 0 Å². The van der Waals surface area contributed by atoms with E-state index in [0.717, 1.165) is 0 Å². The van der Waals surface area contributed by atoms with Crippen molar-refractivity contribution in [2.45, 2.75) is 51.0 Å². The van der Waals surface area contributed by atoms with Crippen LogP contribution in [0.15, 0.2) is 5.51 Å². The number of amides is 1. The molecule has 140 valence electrons. The van der Waals surface area contributed by atoms with Gasteiger partial charge in [-0.2, -0.15) is 4.98 Å². The van der Waals surface area contributed by atoms with Gasteiger partial charge in [0.2, 0.25) is 5.28 Å². The molecule has 26 heavy (non-hydrogen) atoms. The highest BCUT2D eigenvalue weighted by molar-refractivity contribution is 7.16. The number of aromatic nitrogens is 3. The normalized spacial score (nSPS) is 25.8. The first kappa shape index (κ1) is 17.7. The van der Waals surface area contributed by atoms with Crippen molar-refractivity contribution in [3.05, 3.63) is 10.8 Å². The Morgan fingerprint density at radius 3 is 2.85 bits per heavy atom. The second-order valence-corrected chi connectivity index (χ2v) is 8.76. The van der Waals surface area contributed by atoms with Crippen LogP contribution in [0.2, 0.25) is 5.28 Å². The second-order valence-electron chi connectivity index (χ2n) is 7.59. The third-order valence-electron chi connectivity index (χ3n) is 4.56. The molecule has 0 aliphatic carbocycles. The van der Waals surface area contributed by atoms with Crippen LogP contribution in [0.4, 0.5) is 15.0 Å². The lowest BCUT2D eigenvalue weighted by atomic mass is 10.2. The number of carbonyl (C=O) groups excluding carboxylic acids is 1. The minimum Gasteiger partial charge on any atom is -0.444 e. The summed E-state index contributed by atoms with van der Waals surface area (Å²) in [5, 5.41) is 0.135. The summed E-state index contributed by atoms with van der Waals surface area (Å²) in [6.45, 7) is 6.18. The number of hydrogen-bond donors (Lipinski definition) is 0. The molecule has 2 aliphatic rings. The number of carbonyl (C=O) groups is 1. The second kappa shape index (κ2) is 6.16. The number of halogens is 2. The number of ether oxygens (including phenoxy) is 1. The fraction of sp³-hybridized carbons (Fsp3) is 0.625. The van der Waals surface area contributed by atoms with Crippen LogP contribution < -0.4 is 4.90 Å². The number of fused-ring (bicyclic) bond motifs is 3. The van der Waals surface area contributed by atoms with Gasteiger partial charge in [0.05, 0.1) is 17.6 Å². The van der Waals surface area contributed by atoms with Gasteiger partial charge in [0.15, 0.2) is 10.6 Å². The largest absolute Gasteiger partial charge is 0.444 e. The van der Waals surface area contributed by atoms with Gasteiger partial charge in [0.1, 0.15) is 17.3 Å². The maximum Gasteiger partial charge on any atom is 0.411 e. The molecule has 2 aromatic heterocycles. The Morgan fingerprint density at radius 1 is 1.38 bits per heavy atom. The van der Waals surface area contributed by atoms with E-state index in [2.05, 4.69) is 15.0 Å². The van der Waals surface area contributed by atoms with Crippen molar-refractivity contribution in [1.29, 1.82) is 0 Å². The fourth-order valence-electron chi connectivity index (χ4n) is 3.61. The zero-order valence-corrected chi connectivity index (χ0v) is 16.2. The minimum atomic E-state index is -1.10. The molecule has 1 unspecified atom stereocenters. The fourth-order valence-corrected chi connectivity index (χ4v) is 4.48. The van der Waals surface area contributed by atoms with Gasteiger partial charge < -0.3 is 9.64 Å². The summed E-state index contributed by atoms with van der Waals surface area (Å²) >= 11 is 7.42. The summed E-state index contributed by atoms with van der Waals surface area (Å²) in [7, 11) is 0. The average Bonchev–Trinajstić information content (AvgIpc) is 3.06. The summed E-state index contributed by atoms with van der Waals surface area (Å²) in [6.07, 6.45) is -1.27. The smallest absolute Gasteiger partial charge is 0.411 e. The van der Waals surface area contributed by atoms with Crippen molar-refractivity contribution in [1.82, 2.24) is 19.9 Å². The molecule has 2 fully saturated rings. The highest BCUT2D eigenvalue weighted by Gasteiger charge is 2.50. The lowest BCUT2D eigenvalue weighted by molar-refractivity contribution is 0.00954. The molecule has 0 radical (unpaired) electrons. The van der Waals surface area contributed by atoms with Crippen LogP contribution in [0.3, 0.4) is 0 Å². The van der Waals surface area contributed by atoms with Crippen LogP contribution in [0, 0.1) is 0 Å². The third-order valence-corrected chi connectivity index (χ3v) is 5.45. The van der Waals surface area contributed by atoms with E-state index in [1.165, 1.54) is 11.3 Å². The van der Waals surface area contributed by atoms with Crippen LogP contribution >= 0.6 is 22.9 Å². The van der Waals surface area contributed by atoms with E-state index in [0.29, 0.717) is 35.7 Å². The Bertz CT molecular complexity index is 857. The molecule has 0 saturated carbocycles. The first-order valence-corrected chi connectivity index (χ1v) is 9.66. The quantitative estimate of drug-likeness (QED) is 0.685. The molecule has 2 aliphatic heterocycles. The van der Waals surface area contributed by atoms with E-state index in [9.17, 15) is 9.18 Å². The maximum absolute atomic E-state index is 14.6. The molecule has 2 aromatic rings. The van der Waals surface area contributed by atoms with Gasteiger partial charge in [-0.25, -0.2) is 19.2 Å². The number of thiazole rings is 1. The van der Waals surface area contributed by atoms with Crippen molar-refractivity contribution >= 4 is 45.2 Å². The van der Waals surface area contributed by atoms with Crippen molar-refractivity contribution in [2.75, 3.05) is 18.0 Å². The standard InChI is InChI=1S/C16H19ClFN5O2S/c1-16(2,3)25-15(24)23-8-4-9(18)10(23)6-22(5-8)12-11-13(26-7-19-11)21-14(17)20-12/h7-10H,4-6H2,1-3H3/t8-,9?,10-/m1/s1. The summed E-state index contributed by atoms with van der Waals surface area (Å²) < 4.78 is 20.1. The number of nitrogens with zero attached hydrogens (tertiary/aromatic N) is 5. The average molecular weight is 400 g/mol. The van der Waals surface area contributed by atoms with E-state index >= 15 is 0 Å². The topological polar surface area (TPSA) is 71.5 Å². The van der Waals surface area contributed by atoms with Crippen LogP contribution in [-0.2, 0) is 4.74 Å². The van der Waals surface area contributed by atoms with Crippen molar-refractivity contribution < 1.29 is 13.9 Å². The van der Waals surface area contributed by atoms with Crippen LogP contribution in [0.1, 0.15) is 27.2 Å². The summed E-state index contributed by atoms with van der Waals surface area (Å²) in [5.41, 5.74) is 1.72. The van der Waals surface area contributed by atoms with Crippen LogP contribution in [0.5, 0.6) is 0 Å². The van der Waals surface area contributed by atoms with Gasteiger partial charge in [-0.15, -0.1) is 11.3 Å². The van der Waals surface area contributed by atoms with Crippen molar-refractivity contribution in [3.63, 3.8) is 0 Å². The minimum absolute atomic E-state index is 0.135. The molecule has 2 bridgehead atoms. The Hall–Kier alpha value is -1.74. The Balaban J connectivity index is 1.62. The van der Waals surface area contributed by atoms with Gasteiger partial charge in [-0.3, -0.25) is 4.90 Å². The highest BCUT2D eigenvalue weighted by atomic mass is 35.5. The number of anilines is 1. The molecule has 0 aromatic carbocycles. The lowest BCUT2D eigenvalue weighted by Gasteiger charge is -2.41. The zero-order chi connectivity index (χ0) is 18.6. The Labute approximate surface area is 159 Å². The zero-order valence-electron chi connectivity index (χ0n) is 14.6. The molecule has 0 spiro atoms. The molecule has 1 amide bonds. The maximum atomic E-state index is 14.6. The molecular weight excluding hydrogens is 381 g/mol. The Morgan fingerprint density at radius 2 is 2.15 bits per heavy atom. The number of alkyl halides is 1. The van der Waals surface area contributed by atoms with Crippen molar-refractivity contribution in [3.8, 4) is 0 Å². The SMILES string of the molecule is CC(C)(C)OC(=O)N1[C@@H]2CC(F)[C@H]1CN(c1nc(Cl)nc3scnc13)C2. The summed E-state index contributed by atoms with van der Waals surface area (Å²) in [5.74, 6) is 0.592. The van der Waals surface area contributed by atoms with Crippen LogP contribution in [-0.4, -0.2) is 62.9 Å². The predicted octanol–water partition coefficient (Wildman–Crippen LogP) is 3.28. The van der Waals surface area contributed by atoms with Gasteiger partial charge >= 0.3 is 6.09 Å². The van der Waals surface area contributed by atoms with E-state index < -0.39 is 23.9 Å². The molecule has 10 heteroatoms. The van der Waals surface area contributed by atoms with Gasteiger partial charge in [0, 0.05) is 19.5 Å².